The Balaban J connectivity index is 2.02. The van der Waals surface area contributed by atoms with Crippen molar-refractivity contribution in [1.29, 1.82) is 0 Å². The lowest BCUT2D eigenvalue weighted by Crippen LogP contribution is -2.09. The van der Waals surface area contributed by atoms with Crippen LogP contribution in [0, 0.1) is 18.3 Å². The van der Waals surface area contributed by atoms with E-state index in [4.69, 9.17) is 11.2 Å². The summed E-state index contributed by atoms with van der Waals surface area (Å²) in [5.74, 6) is 4.48. The number of terminal acetylenes is 1. The first-order valence-electron chi connectivity index (χ1n) is 6.09. The van der Waals surface area contributed by atoms with Crippen LogP contribution in [0.3, 0.4) is 0 Å². The molecule has 1 fully saturated rings. The van der Waals surface area contributed by atoms with E-state index in [0.717, 1.165) is 27.6 Å². The Morgan fingerprint density at radius 3 is 2.78 bits per heavy atom. The Hall–Kier alpha value is -0.590. The lowest BCUT2D eigenvalue weighted by molar-refractivity contribution is 0.298. The van der Waals surface area contributed by atoms with E-state index < -0.39 is 0 Å². The first-order valence-corrected chi connectivity index (χ1v) is 7.70. The third kappa shape index (κ3) is 3.96. The zero-order valence-corrected chi connectivity index (χ0v) is 13.1. The maximum absolute atomic E-state index is 5.78. The molecule has 0 spiro atoms. The summed E-state index contributed by atoms with van der Waals surface area (Å²) in [7, 11) is 0. The van der Waals surface area contributed by atoms with Gasteiger partial charge in [0.1, 0.15) is 5.75 Å². The van der Waals surface area contributed by atoms with Gasteiger partial charge in [-0.3, -0.25) is 0 Å². The number of benzene rings is 1. The number of rotatable bonds is 5. The molecule has 0 saturated heterocycles. The van der Waals surface area contributed by atoms with E-state index in [-0.39, 0.29) is 4.75 Å². The zero-order valence-electron chi connectivity index (χ0n) is 10.7. The van der Waals surface area contributed by atoms with E-state index in [1.165, 1.54) is 12.8 Å². The van der Waals surface area contributed by atoms with Gasteiger partial charge < -0.3 is 4.74 Å². The first-order chi connectivity index (χ1) is 8.50. The number of halogens is 1. The van der Waals surface area contributed by atoms with Gasteiger partial charge in [0.15, 0.2) is 0 Å². The van der Waals surface area contributed by atoms with Crippen LogP contribution in [0.4, 0.5) is 0 Å². The maximum Gasteiger partial charge on any atom is 0.133 e. The Kier molecular flexibility index (Phi) is 4.29. The molecular weight excluding hydrogens is 308 g/mol. The predicted molar refractivity (Wildman–Crippen MR) is 81.1 cm³/mol. The van der Waals surface area contributed by atoms with Crippen LogP contribution in [0.2, 0.25) is 0 Å². The van der Waals surface area contributed by atoms with E-state index in [0.29, 0.717) is 0 Å². The summed E-state index contributed by atoms with van der Waals surface area (Å²) < 4.78 is 6.59. The molecule has 0 atom stereocenters. The van der Waals surface area contributed by atoms with E-state index >= 15 is 0 Å². The van der Waals surface area contributed by atoms with Crippen molar-refractivity contribution in [2.45, 2.75) is 36.3 Å². The Bertz CT molecular complexity index is 472. The van der Waals surface area contributed by atoms with E-state index in [9.17, 15) is 0 Å². The highest BCUT2D eigenvalue weighted by Crippen LogP contribution is 2.37. The second kappa shape index (κ2) is 5.59. The minimum absolute atomic E-state index is 0.185. The molecule has 1 aliphatic carbocycles. The molecule has 3 heteroatoms. The first kappa shape index (κ1) is 13.8. The zero-order chi connectivity index (χ0) is 13.2. The Morgan fingerprint density at radius 1 is 1.50 bits per heavy atom. The van der Waals surface area contributed by atoms with Gasteiger partial charge in [-0.05, 0) is 66.7 Å². The highest BCUT2D eigenvalue weighted by Gasteiger charge is 2.22. The van der Waals surface area contributed by atoms with Crippen LogP contribution in [0.5, 0.6) is 5.75 Å². The molecule has 0 radical (unpaired) electrons. The molecule has 1 aromatic carbocycles. The molecule has 0 aromatic heterocycles. The highest BCUT2D eigenvalue weighted by molar-refractivity contribution is 9.10. The van der Waals surface area contributed by atoms with Crippen molar-refractivity contribution < 1.29 is 4.74 Å². The van der Waals surface area contributed by atoms with Gasteiger partial charge in [-0.15, -0.1) is 18.2 Å². The molecule has 0 N–H and O–H groups in total. The van der Waals surface area contributed by atoms with Crippen LogP contribution < -0.4 is 4.74 Å². The molecule has 2 rings (SSSR count). The average molecular weight is 325 g/mol. The van der Waals surface area contributed by atoms with Crippen molar-refractivity contribution >= 4 is 27.7 Å². The SMILES string of the molecule is C#CC(C)(C)Sc1ccc(OCC2CC2)c(Br)c1. The van der Waals surface area contributed by atoms with Crippen LogP contribution in [0.15, 0.2) is 27.6 Å². The molecule has 0 bridgehead atoms. The fourth-order valence-electron chi connectivity index (χ4n) is 1.48. The predicted octanol–water partition coefficient (Wildman–Crippen LogP) is 4.74. The van der Waals surface area contributed by atoms with Crippen molar-refractivity contribution in [2.24, 2.45) is 5.92 Å². The summed E-state index contributed by atoms with van der Waals surface area (Å²) in [4.78, 5) is 1.16. The Labute approximate surface area is 122 Å². The molecule has 96 valence electrons. The summed E-state index contributed by atoms with van der Waals surface area (Å²) in [6.45, 7) is 4.92. The minimum atomic E-state index is -0.185. The minimum Gasteiger partial charge on any atom is -0.492 e. The monoisotopic (exact) mass is 324 g/mol. The summed E-state index contributed by atoms with van der Waals surface area (Å²) >= 11 is 5.24. The molecule has 1 aliphatic rings. The van der Waals surface area contributed by atoms with Gasteiger partial charge in [0, 0.05) is 4.90 Å². The molecular formula is C15H17BrOS. The molecule has 1 nitrogen and oxygen atoms in total. The number of ether oxygens (including phenoxy) is 1. The van der Waals surface area contributed by atoms with Crippen LogP contribution in [0.25, 0.3) is 0 Å². The van der Waals surface area contributed by atoms with Crippen LogP contribution in [-0.2, 0) is 0 Å². The van der Waals surface area contributed by atoms with Gasteiger partial charge in [0.05, 0.1) is 15.8 Å². The normalized spacial score (nSPS) is 15.2. The van der Waals surface area contributed by atoms with Crippen LogP contribution >= 0.6 is 27.7 Å². The third-order valence-corrected chi connectivity index (χ3v) is 4.53. The van der Waals surface area contributed by atoms with Gasteiger partial charge in [0.25, 0.3) is 0 Å². The number of thioether (sulfide) groups is 1. The van der Waals surface area contributed by atoms with Crippen molar-refractivity contribution in [2.75, 3.05) is 6.61 Å². The molecule has 18 heavy (non-hydrogen) atoms. The van der Waals surface area contributed by atoms with Crippen molar-refractivity contribution in [3.05, 3.63) is 22.7 Å². The van der Waals surface area contributed by atoms with E-state index in [2.05, 4.69) is 34.0 Å². The molecule has 0 unspecified atom stereocenters. The lowest BCUT2D eigenvalue weighted by atomic mass is 10.2. The van der Waals surface area contributed by atoms with Gasteiger partial charge in [-0.25, -0.2) is 0 Å². The lowest BCUT2D eigenvalue weighted by Gasteiger charge is -2.17. The fourth-order valence-corrected chi connectivity index (χ4v) is 3.08. The standard InChI is InChI=1S/C15H17BrOS/c1-4-15(2,3)18-12-7-8-14(13(16)9-12)17-10-11-5-6-11/h1,7-9,11H,5-6,10H2,2-3H3. The van der Waals surface area contributed by atoms with Crippen LogP contribution in [-0.4, -0.2) is 11.4 Å². The van der Waals surface area contributed by atoms with E-state index in [1.807, 2.05) is 19.9 Å². The third-order valence-electron chi connectivity index (χ3n) is 2.80. The molecule has 0 aliphatic heterocycles. The molecule has 1 aromatic rings. The van der Waals surface area contributed by atoms with Crippen molar-refractivity contribution in [3.8, 4) is 18.1 Å². The summed E-state index contributed by atoms with van der Waals surface area (Å²) in [6, 6.07) is 6.16. The van der Waals surface area contributed by atoms with E-state index in [1.54, 1.807) is 11.8 Å². The smallest absolute Gasteiger partial charge is 0.133 e. The average Bonchev–Trinajstić information content (AvgIpc) is 3.11. The highest BCUT2D eigenvalue weighted by atomic mass is 79.9. The van der Waals surface area contributed by atoms with Crippen LogP contribution in [0.1, 0.15) is 26.7 Å². The van der Waals surface area contributed by atoms with Gasteiger partial charge >= 0.3 is 0 Å². The number of hydrogen-bond acceptors (Lipinski definition) is 2. The molecule has 0 amide bonds. The van der Waals surface area contributed by atoms with Crippen molar-refractivity contribution in [1.82, 2.24) is 0 Å². The number of hydrogen-bond donors (Lipinski definition) is 0. The van der Waals surface area contributed by atoms with Gasteiger partial charge in [-0.2, -0.15) is 0 Å². The fraction of sp³-hybridized carbons (Fsp3) is 0.467. The quantitative estimate of drug-likeness (QED) is 0.571. The Morgan fingerprint density at radius 2 is 2.22 bits per heavy atom. The molecule has 1 saturated carbocycles. The summed E-state index contributed by atoms with van der Waals surface area (Å²) in [6.07, 6.45) is 8.12. The van der Waals surface area contributed by atoms with Crippen molar-refractivity contribution in [3.63, 3.8) is 0 Å². The topological polar surface area (TPSA) is 9.23 Å². The summed E-state index contributed by atoms with van der Waals surface area (Å²) in [5, 5.41) is 0. The van der Waals surface area contributed by atoms with Gasteiger partial charge in [-0.1, -0.05) is 5.92 Å². The largest absolute Gasteiger partial charge is 0.492 e. The maximum atomic E-state index is 5.78. The second-order valence-electron chi connectivity index (χ2n) is 5.10. The second-order valence-corrected chi connectivity index (χ2v) is 7.65. The van der Waals surface area contributed by atoms with Gasteiger partial charge in [0.2, 0.25) is 0 Å². The molecule has 0 heterocycles. The summed E-state index contributed by atoms with van der Waals surface area (Å²) in [5.41, 5.74) is 0.